The number of benzene rings is 1. The molecule has 0 fully saturated rings. The Labute approximate surface area is 197 Å². The van der Waals surface area contributed by atoms with Gasteiger partial charge in [-0.2, -0.15) is 5.26 Å². The van der Waals surface area contributed by atoms with Gasteiger partial charge in [-0.3, -0.25) is 9.36 Å². The number of aromatic nitrogens is 3. The fraction of sp³-hybridized carbons (Fsp3) is 0.273. The lowest BCUT2D eigenvalue weighted by molar-refractivity contribution is -0.113. The lowest BCUT2D eigenvalue weighted by Crippen LogP contribution is -2.14. The van der Waals surface area contributed by atoms with Gasteiger partial charge in [0, 0.05) is 21.5 Å². The number of thiophene rings is 1. The first-order valence-electron chi connectivity index (χ1n) is 9.88. The Morgan fingerprint density at radius 1 is 1.32 bits per heavy atom. The van der Waals surface area contributed by atoms with E-state index >= 15 is 0 Å². The molecule has 0 bridgehead atoms. The fourth-order valence-corrected chi connectivity index (χ4v) is 5.83. The van der Waals surface area contributed by atoms with Crippen molar-refractivity contribution in [2.24, 2.45) is 0 Å². The van der Waals surface area contributed by atoms with Crippen molar-refractivity contribution in [1.29, 1.82) is 5.26 Å². The summed E-state index contributed by atoms with van der Waals surface area (Å²) in [7, 11) is 0. The maximum Gasteiger partial charge on any atom is 0.235 e. The molecule has 31 heavy (non-hydrogen) atoms. The predicted molar refractivity (Wildman–Crippen MR) is 128 cm³/mol. The number of carbonyl (C=O) groups excluding carboxylic acids is 1. The largest absolute Gasteiger partial charge is 0.316 e. The number of nitriles is 1. The number of nitrogens with one attached hydrogen (secondary N) is 1. The van der Waals surface area contributed by atoms with Gasteiger partial charge in [-0.25, -0.2) is 0 Å². The first-order chi connectivity index (χ1) is 15.1. The molecule has 1 N–H and O–H groups in total. The molecule has 0 aliphatic heterocycles. The van der Waals surface area contributed by atoms with Crippen LogP contribution in [0.5, 0.6) is 0 Å². The van der Waals surface area contributed by atoms with Crippen LogP contribution in [0, 0.1) is 11.3 Å². The number of thioether (sulfide) groups is 1. The van der Waals surface area contributed by atoms with Crippen molar-refractivity contribution in [2.45, 2.75) is 37.4 Å². The molecular formula is C22H20BrN5OS2. The summed E-state index contributed by atoms with van der Waals surface area (Å²) in [6.45, 7) is 4.37. The predicted octanol–water partition coefficient (Wildman–Crippen LogP) is 5.44. The lowest BCUT2D eigenvalue weighted by Gasteiger charge is -2.09. The number of nitrogens with zero attached hydrogens (tertiary/aromatic N) is 4. The van der Waals surface area contributed by atoms with E-state index in [0.29, 0.717) is 22.3 Å². The summed E-state index contributed by atoms with van der Waals surface area (Å²) >= 11 is 6.30. The number of anilines is 1. The van der Waals surface area contributed by atoms with E-state index in [2.05, 4.69) is 44.1 Å². The molecule has 2 heterocycles. The number of hydrogen-bond acceptors (Lipinski definition) is 6. The van der Waals surface area contributed by atoms with Crippen LogP contribution in [0.3, 0.4) is 0 Å². The Morgan fingerprint density at radius 2 is 2.10 bits per heavy atom. The van der Waals surface area contributed by atoms with Gasteiger partial charge in [0.25, 0.3) is 0 Å². The van der Waals surface area contributed by atoms with Gasteiger partial charge in [-0.1, -0.05) is 45.9 Å². The molecule has 1 aliphatic rings. The standard InChI is InChI=1S/C22H20BrN5OS2/c1-2-11-28-20(14-7-9-15(23)10-8-14)26-27-22(28)30-13-19(29)25-21-17(12-24)16-5-3-4-6-18(16)31-21/h2,7-10H,1,3-6,11,13H2,(H,25,29). The van der Waals surface area contributed by atoms with E-state index in [4.69, 9.17) is 0 Å². The first-order valence-corrected chi connectivity index (χ1v) is 12.5. The van der Waals surface area contributed by atoms with Gasteiger partial charge in [-0.05, 0) is 43.4 Å². The fourth-order valence-electron chi connectivity index (χ4n) is 3.57. The van der Waals surface area contributed by atoms with Crippen LogP contribution in [0.25, 0.3) is 11.4 Å². The molecule has 1 amide bonds. The Hall–Kier alpha value is -2.41. The summed E-state index contributed by atoms with van der Waals surface area (Å²) in [4.78, 5) is 13.9. The minimum atomic E-state index is -0.154. The molecular weight excluding hydrogens is 494 g/mol. The smallest absolute Gasteiger partial charge is 0.235 e. The molecule has 0 saturated carbocycles. The van der Waals surface area contributed by atoms with Crippen molar-refractivity contribution in [1.82, 2.24) is 14.8 Å². The zero-order chi connectivity index (χ0) is 21.8. The van der Waals surface area contributed by atoms with Crippen molar-refractivity contribution in [3.8, 4) is 17.5 Å². The molecule has 0 unspecified atom stereocenters. The van der Waals surface area contributed by atoms with Crippen LogP contribution < -0.4 is 5.32 Å². The number of hydrogen-bond donors (Lipinski definition) is 1. The molecule has 0 atom stereocenters. The third kappa shape index (κ3) is 4.76. The van der Waals surface area contributed by atoms with Gasteiger partial charge in [0.1, 0.15) is 11.1 Å². The SMILES string of the molecule is C=CCn1c(SCC(=O)Nc2sc3c(c2C#N)CCCC3)nnc1-c1ccc(Br)cc1. The van der Waals surface area contributed by atoms with Crippen LogP contribution in [0.15, 0.2) is 46.5 Å². The monoisotopic (exact) mass is 513 g/mol. The first kappa shape index (κ1) is 21.8. The molecule has 3 aromatic rings. The number of rotatable bonds is 7. The van der Waals surface area contributed by atoms with Crippen molar-refractivity contribution in [3.63, 3.8) is 0 Å². The van der Waals surface area contributed by atoms with Crippen LogP contribution in [-0.2, 0) is 24.2 Å². The van der Waals surface area contributed by atoms with Gasteiger partial charge in [-0.15, -0.1) is 28.1 Å². The van der Waals surface area contributed by atoms with E-state index in [1.54, 1.807) is 6.08 Å². The molecule has 0 spiro atoms. The minimum Gasteiger partial charge on any atom is -0.316 e. The number of allylic oxidation sites excluding steroid dienone is 1. The second kappa shape index (κ2) is 9.81. The van der Waals surface area contributed by atoms with E-state index < -0.39 is 0 Å². The Bertz CT molecular complexity index is 1160. The Balaban J connectivity index is 1.48. The van der Waals surface area contributed by atoms with Gasteiger partial charge < -0.3 is 5.32 Å². The second-order valence-corrected chi connectivity index (χ2v) is 10.0. The average Bonchev–Trinajstić information content (AvgIpc) is 3.33. The third-order valence-corrected chi connectivity index (χ3v) is 7.70. The molecule has 6 nitrogen and oxygen atoms in total. The highest BCUT2D eigenvalue weighted by Crippen LogP contribution is 2.37. The van der Waals surface area contributed by atoms with Crippen LogP contribution in [0.1, 0.15) is 28.8 Å². The van der Waals surface area contributed by atoms with Gasteiger partial charge in [0.2, 0.25) is 5.91 Å². The molecule has 158 valence electrons. The second-order valence-electron chi connectivity index (χ2n) is 7.08. The Morgan fingerprint density at radius 3 is 2.84 bits per heavy atom. The van der Waals surface area contributed by atoms with Gasteiger partial charge >= 0.3 is 0 Å². The van der Waals surface area contributed by atoms with Crippen molar-refractivity contribution in [2.75, 3.05) is 11.1 Å². The summed E-state index contributed by atoms with van der Waals surface area (Å²) in [6, 6.07) is 10.1. The highest BCUT2D eigenvalue weighted by Gasteiger charge is 2.22. The maximum absolute atomic E-state index is 12.6. The van der Waals surface area contributed by atoms with Crippen LogP contribution >= 0.6 is 39.0 Å². The number of halogens is 1. The average molecular weight is 514 g/mol. The minimum absolute atomic E-state index is 0.154. The zero-order valence-electron chi connectivity index (χ0n) is 16.7. The quantitative estimate of drug-likeness (QED) is 0.336. The summed E-state index contributed by atoms with van der Waals surface area (Å²) in [5.41, 5.74) is 2.69. The number of amides is 1. The van der Waals surface area contributed by atoms with Crippen LogP contribution in [0.4, 0.5) is 5.00 Å². The van der Waals surface area contributed by atoms with E-state index in [1.165, 1.54) is 28.0 Å². The summed E-state index contributed by atoms with van der Waals surface area (Å²) < 4.78 is 2.93. The molecule has 9 heteroatoms. The van der Waals surface area contributed by atoms with Crippen molar-refractivity contribution < 1.29 is 4.79 Å². The highest BCUT2D eigenvalue weighted by molar-refractivity contribution is 9.10. The lowest BCUT2D eigenvalue weighted by atomic mass is 9.96. The molecule has 4 rings (SSSR count). The topological polar surface area (TPSA) is 83.6 Å². The van der Waals surface area contributed by atoms with E-state index in [1.807, 2.05) is 28.8 Å². The zero-order valence-corrected chi connectivity index (χ0v) is 19.9. The normalized spacial score (nSPS) is 12.8. The van der Waals surface area contributed by atoms with E-state index in [-0.39, 0.29) is 11.7 Å². The molecule has 2 aromatic heterocycles. The number of carbonyl (C=O) groups is 1. The molecule has 1 aromatic carbocycles. The van der Waals surface area contributed by atoms with Crippen molar-refractivity contribution in [3.05, 3.63) is 57.4 Å². The molecule has 1 aliphatic carbocycles. The summed E-state index contributed by atoms with van der Waals surface area (Å²) in [5, 5.41) is 22.4. The van der Waals surface area contributed by atoms with Crippen LogP contribution in [-0.4, -0.2) is 26.4 Å². The van der Waals surface area contributed by atoms with Gasteiger partial charge in [0.05, 0.1) is 11.3 Å². The number of fused-ring (bicyclic) bond motifs is 1. The molecule has 0 radical (unpaired) electrons. The number of aryl methyl sites for hydroxylation is 1. The highest BCUT2D eigenvalue weighted by atomic mass is 79.9. The summed E-state index contributed by atoms with van der Waals surface area (Å²) in [5.74, 6) is 0.759. The maximum atomic E-state index is 12.6. The summed E-state index contributed by atoms with van der Waals surface area (Å²) in [6.07, 6.45) is 5.93. The van der Waals surface area contributed by atoms with E-state index in [9.17, 15) is 10.1 Å². The van der Waals surface area contributed by atoms with Crippen molar-refractivity contribution >= 4 is 49.9 Å². The van der Waals surface area contributed by atoms with Gasteiger partial charge in [0.15, 0.2) is 11.0 Å². The molecule has 0 saturated heterocycles. The van der Waals surface area contributed by atoms with Crippen LogP contribution in [0.2, 0.25) is 0 Å². The van der Waals surface area contributed by atoms with E-state index in [0.717, 1.165) is 47.1 Å². The third-order valence-electron chi connectivity index (χ3n) is 5.00. The Kier molecular flexibility index (Phi) is 6.90.